The Morgan fingerprint density at radius 2 is 0.929 bits per heavy atom. The average molecular weight is 395 g/mol. The third kappa shape index (κ3) is 8.34. The zero-order chi connectivity index (χ0) is 22.0. The van der Waals surface area contributed by atoms with E-state index in [1.807, 2.05) is 0 Å². The molecule has 0 N–H and O–H groups in total. The quantitative estimate of drug-likeness (QED) is 0.433. The summed E-state index contributed by atoms with van der Waals surface area (Å²) < 4.78 is 0. The lowest BCUT2D eigenvalue weighted by Gasteiger charge is -2.45. The predicted molar refractivity (Wildman–Crippen MR) is 127 cm³/mol. The van der Waals surface area contributed by atoms with Crippen molar-refractivity contribution in [3.63, 3.8) is 0 Å². The van der Waals surface area contributed by atoms with Gasteiger partial charge in [-0.05, 0) is 110 Å². The first-order valence-corrected chi connectivity index (χ1v) is 11.9. The van der Waals surface area contributed by atoms with Crippen LogP contribution in [0.4, 0.5) is 0 Å². The highest BCUT2D eigenvalue weighted by atomic mass is 15.2. The lowest BCUT2D eigenvalue weighted by Crippen LogP contribution is -2.49. The van der Waals surface area contributed by atoms with Crippen molar-refractivity contribution < 1.29 is 0 Å². The summed E-state index contributed by atoms with van der Waals surface area (Å²) in [6, 6.07) is 0. The molecule has 0 saturated carbocycles. The molecule has 0 aliphatic carbocycles. The molecule has 1 atom stereocenters. The van der Waals surface area contributed by atoms with E-state index in [-0.39, 0.29) is 0 Å². The summed E-state index contributed by atoms with van der Waals surface area (Å²) in [7, 11) is 0. The van der Waals surface area contributed by atoms with Crippen LogP contribution in [0.2, 0.25) is 0 Å². The molecular weight excluding hydrogens is 340 g/mol. The Bertz CT molecular complexity index is 403. The van der Waals surface area contributed by atoms with Gasteiger partial charge in [0.15, 0.2) is 0 Å². The van der Waals surface area contributed by atoms with Gasteiger partial charge in [0, 0.05) is 17.6 Å². The van der Waals surface area contributed by atoms with Crippen LogP contribution in [0.3, 0.4) is 0 Å². The van der Waals surface area contributed by atoms with E-state index in [1.54, 1.807) is 0 Å². The highest BCUT2D eigenvalue weighted by Crippen LogP contribution is 2.36. The van der Waals surface area contributed by atoms with Crippen LogP contribution >= 0.6 is 0 Å². The molecule has 0 aromatic carbocycles. The molecule has 2 heteroatoms. The van der Waals surface area contributed by atoms with Gasteiger partial charge >= 0.3 is 0 Å². The van der Waals surface area contributed by atoms with Crippen LogP contribution < -0.4 is 0 Å². The van der Waals surface area contributed by atoms with Gasteiger partial charge in [-0.3, -0.25) is 9.80 Å². The maximum atomic E-state index is 2.65. The molecule has 0 aromatic heterocycles. The van der Waals surface area contributed by atoms with Crippen LogP contribution in [-0.4, -0.2) is 47.1 Å². The minimum Gasteiger partial charge on any atom is -0.298 e. The van der Waals surface area contributed by atoms with Gasteiger partial charge in [-0.25, -0.2) is 0 Å². The van der Waals surface area contributed by atoms with E-state index in [1.165, 1.54) is 51.9 Å². The van der Waals surface area contributed by atoms with Crippen LogP contribution in [0.1, 0.15) is 109 Å². The Morgan fingerprint density at radius 3 is 1.29 bits per heavy atom. The van der Waals surface area contributed by atoms with E-state index in [0.717, 1.165) is 11.8 Å². The van der Waals surface area contributed by atoms with Gasteiger partial charge in [0.1, 0.15) is 0 Å². The van der Waals surface area contributed by atoms with Gasteiger partial charge in [-0.2, -0.15) is 0 Å². The lowest BCUT2D eigenvalue weighted by atomic mass is 9.75. The van der Waals surface area contributed by atoms with Gasteiger partial charge < -0.3 is 0 Å². The molecule has 2 heterocycles. The second-order valence-electron chi connectivity index (χ2n) is 13.6. The standard InChI is InChI=1S/2C13H27N/c1-12(2,3)11-7-9-14(10-8-11)13(4,5)6;1-12(2,3)11-8-7-9-14(10-11)13(4,5)6/h2*11H,7-10H2,1-6H3. The maximum absolute atomic E-state index is 2.65. The van der Waals surface area contributed by atoms with Crippen LogP contribution in [0.5, 0.6) is 0 Å². The number of piperidine rings is 2. The number of rotatable bonds is 0. The molecule has 168 valence electrons. The van der Waals surface area contributed by atoms with Gasteiger partial charge in [0.05, 0.1) is 0 Å². The fourth-order valence-corrected chi connectivity index (χ4v) is 4.71. The molecule has 0 spiro atoms. The van der Waals surface area contributed by atoms with Crippen molar-refractivity contribution in [1.82, 2.24) is 9.80 Å². The maximum Gasteiger partial charge on any atom is 0.0125 e. The minimum absolute atomic E-state index is 0.351. The Kier molecular flexibility index (Phi) is 8.69. The van der Waals surface area contributed by atoms with E-state index in [4.69, 9.17) is 0 Å². The number of likely N-dealkylation sites (tertiary alicyclic amines) is 2. The molecule has 2 aliphatic rings. The van der Waals surface area contributed by atoms with E-state index in [0.29, 0.717) is 21.9 Å². The SMILES string of the molecule is CC(C)(C)C1CCCN(C(C)(C)C)C1.CC(C)(C)C1CCN(C(C)(C)C)CC1. The van der Waals surface area contributed by atoms with Gasteiger partial charge in [-0.15, -0.1) is 0 Å². The number of hydrogen-bond donors (Lipinski definition) is 0. The molecule has 2 aliphatic heterocycles. The second kappa shape index (κ2) is 9.38. The van der Waals surface area contributed by atoms with E-state index >= 15 is 0 Å². The minimum atomic E-state index is 0.351. The van der Waals surface area contributed by atoms with Crippen molar-refractivity contribution in [2.45, 2.75) is 120 Å². The van der Waals surface area contributed by atoms with E-state index in [9.17, 15) is 0 Å². The molecule has 2 rings (SSSR count). The normalized spacial score (nSPS) is 24.6. The van der Waals surface area contributed by atoms with Gasteiger partial charge in [0.25, 0.3) is 0 Å². The summed E-state index contributed by atoms with van der Waals surface area (Å²) in [6.45, 7) is 33.4. The summed E-state index contributed by atoms with van der Waals surface area (Å²) in [4.78, 5) is 5.27. The summed E-state index contributed by atoms with van der Waals surface area (Å²) in [5.74, 6) is 1.79. The Labute approximate surface area is 178 Å². The predicted octanol–water partition coefficient (Wildman–Crippen LogP) is 7.09. The number of hydrogen-bond acceptors (Lipinski definition) is 2. The largest absolute Gasteiger partial charge is 0.298 e. The number of nitrogens with zero attached hydrogens (tertiary/aromatic N) is 2. The average Bonchev–Trinajstić information content (AvgIpc) is 2.52. The summed E-state index contributed by atoms with van der Waals surface area (Å²) in [6.07, 6.45) is 5.54. The van der Waals surface area contributed by atoms with Crippen LogP contribution in [0, 0.1) is 22.7 Å². The van der Waals surface area contributed by atoms with Crippen LogP contribution in [0.15, 0.2) is 0 Å². The third-order valence-corrected chi connectivity index (χ3v) is 7.26. The Morgan fingerprint density at radius 1 is 0.500 bits per heavy atom. The smallest absolute Gasteiger partial charge is 0.0125 e. The first kappa shape index (κ1) is 26.0. The van der Waals surface area contributed by atoms with Crippen LogP contribution in [-0.2, 0) is 0 Å². The zero-order valence-corrected chi connectivity index (χ0v) is 21.7. The fourth-order valence-electron chi connectivity index (χ4n) is 4.71. The molecule has 0 amide bonds. The van der Waals surface area contributed by atoms with Crippen molar-refractivity contribution in [3.05, 3.63) is 0 Å². The van der Waals surface area contributed by atoms with Crippen molar-refractivity contribution in [3.8, 4) is 0 Å². The molecule has 0 radical (unpaired) electrons. The second-order valence-corrected chi connectivity index (χ2v) is 13.6. The van der Waals surface area contributed by atoms with Gasteiger partial charge in [-0.1, -0.05) is 41.5 Å². The summed E-state index contributed by atoms with van der Waals surface area (Å²) >= 11 is 0. The molecule has 2 saturated heterocycles. The monoisotopic (exact) mass is 394 g/mol. The third-order valence-electron chi connectivity index (χ3n) is 7.26. The highest BCUT2D eigenvalue weighted by molar-refractivity contribution is 4.87. The first-order valence-electron chi connectivity index (χ1n) is 11.9. The van der Waals surface area contributed by atoms with E-state index < -0.39 is 0 Å². The molecule has 0 bridgehead atoms. The zero-order valence-electron chi connectivity index (χ0n) is 21.7. The van der Waals surface area contributed by atoms with E-state index in [2.05, 4.69) is 92.9 Å². The molecule has 0 aromatic rings. The van der Waals surface area contributed by atoms with Crippen molar-refractivity contribution in [2.24, 2.45) is 22.7 Å². The summed E-state index contributed by atoms with van der Waals surface area (Å²) in [5.41, 5.74) is 1.70. The van der Waals surface area contributed by atoms with Gasteiger partial charge in [0.2, 0.25) is 0 Å². The molecule has 2 nitrogen and oxygen atoms in total. The van der Waals surface area contributed by atoms with Crippen molar-refractivity contribution in [2.75, 3.05) is 26.2 Å². The fraction of sp³-hybridized carbons (Fsp3) is 1.00. The van der Waals surface area contributed by atoms with Crippen molar-refractivity contribution >= 4 is 0 Å². The van der Waals surface area contributed by atoms with Crippen LogP contribution in [0.25, 0.3) is 0 Å². The Balaban J connectivity index is 0.000000280. The Hall–Kier alpha value is -0.0800. The summed E-state index contributed by atoms with van der Waals surface area (Å²) in [5, 5.41) is 0. The first-order chi connectivity index (χ1) is 12.4. The highest BCUT2D eigenvalue weighted by Gasteiger charge is 2.34. The molecule has 1 unspecified atom stereocenters. The molecule has 28 heavy (non-hydrogen) atoms. The molecular formula is C26H54N2. The topological polar surface area (TPSA) is 6.48 Å². The molecule has 2 fully saturated rings. The van der Waals surface area contributed by atoms with Crippen molar-refractivity contribution in [1.29, 1.82) is 0 Å². The lowest BCUT2D eigenvalue weighted by molar-refractivity contribution is 0.0388.